The minimum atomic E-state index is 1.07. The lowest BCUT2D eigenvalue weighted by atomic mass is 10.3. The van der Waals surface area contributed by atoms with Crippen molar-refractivity contribution in [1.82, 2.24) is 9.97 Å². The van der Waals surface area contributed by atoms with Gasteiger partial charge in [0.1, 0.15) is 0 Å². The fraction of sp³-hybridized carbons (Fsp3) is 0.222. The molecule has 0 radical (unpaired) electrons. The van der Waals surface area contributed by atoms with Crippen LogP contribution in [0.1, 0.15) is 0 Å². The van der Waals surface area contributed by atoms with Crippen LogP contribution in [0.15, 0.2) is 57.2 Å². The van der Waals surface area contributed by atoms with Crippen LogP contribution in [0.5, 0.6) is 0 Å². The molecule has 4 nitrogen and oxygen atoms in total. The largest absolute Gasteiger partial charge is 0.388 e. The van der Waals surface area contributed by atoms with E-state index < -0.39 is 0 Å². The van der Waals surface area contributed by atoms with Crippen molar-refractivity contribution in [2.75, 3.05) is 28.4 Å². The summed E-state index contributed by atoms with van der Waals surface area (Å²) in [4.78, 5) is 9.24. The maximum Gasteiger partial charge on any atom is 0.162 e. The number of thiazole rings is 2. The Morgan fingerprint density at radius 1 is 0.654 bits per heavy atom. The molecule has 0 aliphatic rings. The molecule has 4 rings (SSSR count). The zero-order chi connectivity index (χ0) is 18.8. The predicted octanol–water partition coefficient (Wildman–Crippen LogP) is 6.23. The van der Waals surface area contributed by atoms with Gasteiger partial charge in [-0.2, -0.15) is 0 Å². The van der Waals surface area contributed by atoms with E-state index >= 15 is 0 Å². The van der Waals surface area contributed by atoms with Gasteiger partial charge < -0.3 is 9.47 Å². The van der Waals surface area contributed by atoms with Crippen molar-refractivity contribution in [3.05, 3.63) is 48.5 Å². The molecule has 0 spiro atoms. The highest BCUT2D eigenvalue weighted by Crippen LogP contribution is 2.43. The summed E-state index contributed by atoms with van der Waals surface area (Å²) in [5.74, 6) is 0. The van der Waals surface area contributed by atoms with Crippen LogP contribution in [-0.4, -0.2) is 38.4 Å². The number of nitrogens with zero attached hydrogens (tertiary/aromatic N) is 2. The van der Waals surface area contributed by atoms with Gasteiger partial charge in [-0.15, -0.1) is 22.7 Å². The summed E-state index contributed by atoms with van der Waals surface area (Å²) in [6, 6.07) is 16.5. The fourth-order valence-electron chi connectivity index (χ4n) is 1.84. The van der Waals surface area contributed by atoms with Crippen LogP contribution in [0.2, 0.25) is 0 Å². The highest BCUT2D eigenvalue weighted by atomic mass is 33.1. The van der Waals surface area contributed by atoms with Gasteiger partial charge in [-0.3, -0.25) is 0 Å². The van der Waals surface area contributed by atoms with Gasteiger partial charge in [-0.05, 0) is 45.9 Å². The SMILES string of the molecule is COC.COC.c1ccc2sc(SSc3nc4ccccc4s3)nc2c1. The Hall–Kier alpha value is -1.16. The van der Waals surface area contributed by atoms with E-state index in [0.717, 1.165) is 19.7 Å². The topological polar surface area (TPSA) is 44.2 Å². The Labute approximate surface area is 169 Å². The first-order valence-corrected chi connectivity index (χ1v) is 11.4. The number of hydrogen-bond acceptors (Lipinski definition) is 8. The lowest BCUT2D eigenvalue weighted by Gasteiger charge is -1.90. The molecule has 0 aliphatic heterocycles. The quantitative estimate of drug-likeness (QED) is 0.363. The van der Waals surface area contributed by atoms with Gasteiger partial charge in [0.2, 0.25) is 0 Å². The number of fused-ring (bicyclic) bond motifs is 2. The number of aromatic nitrogens is 2. The van der Waals surface area contributed by atoms with Crippen molar-refractivity contribution in [3.8, 4) is 0 Å². The van der Waals surface area contributed by atoms with E-state index in [9.17, 15) is 0 Å². The molecule has 0 saturated heterocycles. The molecule has 8 heteroatoms. The predicted molar refractivity (Wildman–Crippen MR) is 117 cm³/mol. The van der Waals surface area contributed by atoms with E-state index in [2.05, 4.69) is 55.8 Å². The Morgan fingerprint density at radius 2 is 1.00 bits per heavy atom. The van der Waals surface area contributed by atoms with Crippen molar-refractivity contribution in [1.29, 1.82) is 0 Å². The van der Waals surface area contributed by atoms with Gasteiger partial charge in [0.05, 0.1) is 20.4 Å². The molecule has 2 aromatic carbocycles. The third-order valence-corrected chi connectivity index (χ3v) is 7.78. The van der Waals surface area contributed by atoms with Crippen LogP contribution < -0.4 is 0 Å². The first kappa shape index (κ1) is 21.1. The standard InChI is InChI=1S/C14H8N2S4.2C2H6O/c1-3-7-11-9(5-1)15-13(17-11)19-20-14-16-10-6-2-4-8-12(10)18-14;2*1-3-2/h1-8H;2*1-2H3. The van der Waals surface area contributed by atoms with Crippen molar-refractivity contribution in [2.24, 2.45) is 0 Å². The highest BCUT2D eigenvalue weighted by Gasteiger charge is 2.08. The van der Waals surface area contributed by atoms with E-state index in [0.29, 0.717) is 0 Å². The molecule has 0 bridgehead atoms. The van der Waals surface area contributed by atoms with Gasteiger partial charge in [-0.25, -0.2) is 9.97 Å². The van der Waals surface area contributed by atoms with Crippen LogP contribution in [0.25, 0.3) is 20.4 Å². The summed E-state index contributed by atoms with van der Waals surface area (Å²) in [6.07, 6.45) is 0. The number of benzene rings is 2. The third kappa shape index (κ3) is 6.22. The molecule has 2 heterocycles. The number of ether oxygens (including phenoxy) is 2. The molecule has 0 atom stereocenters. The molecule has 0 aliphatic carbocycles. The van der Waals surface area contributed by atoms with E-state index in [1.54, 1.807) is 72.7 Å². The monoisotopic (exact) mass is 424 g/mol. The van der Waals surface area contributed by atoms with Gasteiger partial charge in [0.15, 0.2) is 8.68 Å². The van der Waals surface area contributed by atoms with Crippen LogP contribution in [-0.2, 0) is 9.47 Å². The Balaban J connectivity index is 0.000000361. The normalized spacial score (nSPS) is 10.2. The van der Waals surface area contributed by atoms with Crippen molar-refractivity contribution < 1.29 is 9.47 Å². The van der Waals surface area contributed by atoms with Gasteiger partial charge in [0.25, 0.3) is 0 Å². The van der Waals surface area contributed by atoms with E-state index in [1.807, 2.05) is 12.1 Å². The summed E-state index contributed by atoms with van der Waals surface area (Å²) in [5, 5.41) is 0. The third-order valence-electron chi connectivity index (χ3n) is 2.73. The molecule has 4 aromatic rings. The zero-order valence-electron chi connectivity index (χ0n) is 15.0. The number of rotatable bonds is 3. The second-order valence-corrected chi connectivity index (χ2v) is 9.56. The minimum absolute atomic E-state index is 1.07. The summed E-state index contributed by atoms with van der Waals surface area (Å²) < 4.78 is 13.1. The van der Waals surface area contributed by atoms with Crippen molar-refractivity contribution in [3.63, 3.8) is 0 Å². The average Bonchev–Trinajstić information content (AvgIpc) is 3.24. The molecule has 0 N–H and O–H groups in total. The molecule has 138 valence electrons. The second-order valence-electron chi connectivity index (χ2n) is 4.88. The van der Waals surface area contributed by atoms with E-state index in [-0.39, 0.29) is 0 Å². The van der Waals surface area contributed by atoms with Crippen LogP contribution >= 0.6 is 44.3 Å². The van der Waals surface area contributed by atoms with Crippen molar-refractivity contribution in [2.45, 2.75) is 8.68 Å². The Bertz CT molecular complexity index is 782. The second kappa shape index (κ2) is 11.5. The van der Waals surface area contributed by atoms with Gasteiger partial charge in [0, 0.05) is 28.4 Å². The van der Waals surface area contributed by atoms with Crippen LogP contribution in [0, 0.1) is 0 Å². The number of hydrogen-bond donors (Lipinski definition) is 0. The van der Waals surface area contributed by atoms with Crippen LogP contribution in [0.4, 0.5) is 0 Å². The maximum atomic E-state index is 4.62. The molecule has 26 heavy (non-hydrogen) atoms. The number of methoxy groups -OCH3 is 2. The molecule has 0 fully saturated rings. The first-order chi connectivity index (χ1) is 12.7. The lowest BCUT2D eigenvalue weighted by Crippen LogP contribution is -1.67. The molecule has 0 saturated carbocycles. The van der Waals surface area contributed by atoms with E-state index in [1.165, 1.54) is 9.40 Å². The van der Waals surface area contributed by atoms with Gasteiger partial charge >= 0.3 is 0 Å². The summed E-state index contributed by atoms with van der Waals surface area (Å²) >= 11 is 3.46. The molecular formula is C18H20N2O2S4. The smallest absolute Gasteiger partial charge is 0.162 e. The summed E-state index contributed by atoms with van der Waals surface area (Å²) in [5.41, 5.74) is 2.15. The maximum absolute atomic E-state index is 4.62. The summed E-state index contributed by atoms with van der Waals surface area (Å²) in [6.45, 7) is 0. The first-order valence-electron chi connectivity index (χ1n) is 7.57. The molecule has 0 unspecified atom stereocenters. The number of para-hydroxylation sites is 2. The van der Waals surface area contributed by atoms with Gasteiger partial charge in [-0.1, -0.05) is 24.3 Å². The highest BCUT2D eigenvalue weighted by molar-refractivity contribution is 8.77. The summed E-state index contributed by atoms with van der Waals surface area (Å²) in [7, 11) is 9.87. The zero-order valence-corrected chi connectivity index (χ0v) is 18.2. The molecule has 2 aromatic heterocycles. The molecular weight excluding hydrogens is 404 g/mol. The average molecular weight is 425 g/mol. The lowest BCUT2D eigenvalue weighted by molar-refractivity contribution is 0.277. The Morgan fingerprint density at radius 3 is 1.35 bits per heavy atom. The van der Waals surface area contributed by atoms with E-state index in [4.69, 9.17) is 0 Å². The minimum Gasteiger partial charge on any atom is -0.388 e. The van der Waals surface area contributed by atoms with Crippen LogP contribution in [0.3, 0.4) is 0 Å². The Kier molecular flexibility index (Phi) is 9.38. The molecule has 0 amide bonds. The fourth-order valence-corrected chi connectivity index (χ4v) is 6.34. The van der Waals surface area contributed by atoms with Crippen molar-refractivity contribution >= 4 is 64.7 Å².